The Hall–Kier alpha value is -3.07. The second-order valence-corrected chi connectivity index (χ2v) is 7.40. The highest BCUT2D eigenvalue weighted by Gasteiger charge is 2.36. The molecule has 9 nitrogen and oxygen atoms in total. The Balaban J connectivity index is 1.94. The van der Waals surface area contributed by atoms with E-state index in [0.29, 0.717) is 61.9 Å². The van der Waals surface area contributed by atoms with Crippen LogP contribution in [0.4, 0.5) is 4.79 Å². The largest absolute Gasteiger partial charge is 0.494 e. The third-order valence-electron chi connectivity index (χ3n) is 5.38. The monoisotopic (exact) mass is 430 g/mol. The van der Waals surface area contributed by atoms with Gasteiger partial charge in [-0.2, -0.15) is 0 Å². The molecule has 1 saturated heterocycles. The van der Waals surface area contributed by atoms with Gasteiger partial charge < -0.3 is 25.0 Å². The fourth-order valence-electron chi connectivity index (χ4n) is 3.88. The Labute approximate surface area is 182 Å². The summed E-state index contributed by atoms with van der Waals surface area (Å²) < 4.78 is 11.1. The maximum atomic E-state index is 13.0. The molecule has 3 rings (SSSR count). The van der Waals surface area contributed by atoms with E-state index in [1.54, 1.807) is 18.7 Å². The number of nitrogens with zero attached hydrogens (tertiary/aromatic N) is 2. The molecule has 0 radical (unpaired) electrons. The van der Waals surface area contributed by atoms with Crippen molar-refractivity contribution in [1.29, 1.82) is 0 Å². The average molecular weight is 431 g/mol. The number of hydrogen-bond acceptors (Lipinski definition) is 6. The summed E-state index contributed by atoms with van der Waals surface area (Å²) in [6.45, 7) is 8.78. The number of rotatable bonds is 7. The highest BCUT2D eigenvalue weighted by Crippen LogP contribution is 2.34. The smallest absolute Gasteiger partial charge is 0.338 e. The molecule has 1 aromatic carbocycles. The second-order valence-electron chi connectivity index (χ2n) is 7.40. The molecule has 2 N–H and O–H groups in total. The maximum absolute atomic E-state index is 13.0. The average Bonchev–Trinajstić information content (AvgIpc) is 2.74. The molecule has 0 spiro atoms. The van der Waals surface area contributed by atoms with Crippen molar-refractivity contribution in [3.8, 4) is 5.75 Å². The molecule has 3 amide bonds. The van der Waals surface area contributed by atoms with Crippen LogP contribution >= 0.6 is 0 Å². The van der Waals surface area contributed by atoms with E-state index in [2.05, 4.69) is 15.5 Å². The van der Waals surface area contributed by atoms with Crippen LogP contribution in [0.15, 0.2) is 35.5 Å². The number of piperazine rings is 1. The van der Waals surface area contributed by atoms with Gasteiger partial charge in [-0.15, -0.1) is 0 Å². The Bertz CT molecular complexity index is 861. The van der Waals surface area contributed by atoms with Gasteiger partial charge in [0, 0.05) is 50.9 Å². The molecule has 168 valence electrons. The van der Waals surface area contributed by atoms with Crippen LogP contribution in [0.3, 0.4) is 0 Å². The number of esters is 1. The molecule has 9 heteroatoms. The van der Waals surface area contributed by atoms with Gasteiger partial charge in [-0.25, -0.2) is 9.59 Å². The van der Waals surface area contributed by atoms with Gasteiger partial charge in [0.1, 0.15) is 5.75 Å². The number of amides is 3. The van der Waals surface area contributed by atoms with Crippen LogP contribution in [-0.2, 0) is 14.3 Å². The number of carbonyl (C=O) groups excluding carboxylic acids is 3. The molecule has 0 aromatic heterocycles. The van der Waals surface area contributed by atoms with E-state index >= 15 is 0 Å². The van der Waals surface area contributed by atoms with Gasteiger partial charge in [0.15, 0.2) is 0 Å². The topological polar surface area (TPSA) is 100 Å². The van der Waals surface area contributed by atoms with Gasteiger partial charge in [-0.1, -0.05) is 18.2 Å². The predicted molar refractivity (Wildman–Crippen MR) is 114 cm³/mol. The van der Waals surface area contributed by atoms with E-state index < -0.39 is 12.0 Å². The number of para-hydroxylation sites is 1. The van der Waals surface area contributed by atoms with Crippen LogP contribution in [0.2, 0.25) is 0 Å². The third-order valence-corrected chi connectivity index (χ3v) is 5.38. The molecule has 0 unspecified atom stereocenters. The first-order chi connectivity index (χ1) is 14.9. The van der Waals surface area contributed by atoms with Gasteiger partial charge in [0.2, 0.25) is 5.91 Å². The number of urea groups is 1. The molecule has 1 atom stereocenters. The number of nitrogens with one attached hydrogen (secondary N) is 2. The highest BCUT2D eigenvalue weighted by atomic mass is 16.5. The minimum atomic E-state index is -0.691. The van der Waals surface area contributed by atoms with Gasteiger partial charge in [0.05, 0.1) is 24.8 Å². The Morgan fingerprint density at radius 2 is 1.81 bits per heavy atom. The molecule has 2 aliphatic rings. The van der Waals surface area contributed by atoms with E-state index in [4.69, 9.17) is 9.47 Å². The molecule has 2 aliphatic heterocycles. The molecule has 31 heavy (non-hydrogen) atoms. The first kappa shape index (κ1) is 22.6. The lowest BCUT2D eigenvalue weighted by Crippen LogP contribution is -2.52. The van der Waals surface area contributed by atoms with Crippen molar-refractivity contribution in [2.75, 3.05) is 45.9 Å². The van der Waals surface area contributed by atoms with Crippen LogP contribution in [0.25, 0.3) is 0 Å². The summed E-state index contributed by atoms with van der Waals surface area (Å²) in [7, 11) is 0. The summed E-state index contributed by atoms with van der Waals surface area (Å²) in [6, 6.07) is 6.27. The Morgan fingerprint density at radius 3 is 2.45 bits per heavy atom. The summed E-state index contributed by atoms with van der Waals surface area (Å²) in [5.41, 5.74) is 1.57. The molecule has 0 bridgehead atoms. The third kappa shape index (κ3) is 5.35. The van der Waals surface area contributed by atoms with E-state index in [9.17, 15) is 14.4 Å². The number of hydrogen-bond donors (Lipinski definition) is 2. The molecule has 0 aliphatic carbocycles. The quantitative estimate of drug-likeness (QED) is 0.635. The van der Waals surface area contributed by atoms with Crippen LogP contribution < -0.4 is 15.4 Å². The van der Waals surface area contributed by atoms with Gasteiger partial charge in [0.25, 0.3) is 0 Å². The van der Waals surface area contributed by atoms with Crippen molar-refractivity contribution in [3.63, 3.8) is 0 Å². The molecule has 0 saturated carbocycles. The molecular weight excluding hydrogens is 400 g/mol. The fraction of sp³-hybridized carbons (Fsp3) is 0.500. The minimum absolute atomic E-state index is 0.0499. The van der Waals surface area contributed by atoms with Crippen LogP contribution in [0.5, 0.6) is 5.75 Å². The normalized spacial score (nSPS) is 19.5. The van der Waals surface area contributed by atoms with Crippen LogP contribution in [0.1, 0.15) is 32.4 Å². The summed E-state index contributed by atoms with van der Waals surface area (Å²) in [6.07, 6.45) is 0. The lowest BCUT2D eigenvalue weighted by Gasteiger charge is -2.36. The van der Waals surface area contributed by atoms with E-state index in [-0.39, 0.29) is 18.5 Å². The van der Waals surface area contributed by atoms with Crippen molar-refractivity contribution in [2.45, 2.75) is 26.8 Å². The summed E-state index contributed by atoms with van der Waals surface area (Å²) >= 11 is 0. The zero-order valence-corrected chi connectivity index (χ0v) is 18.3. The lowest BCUT2D eigenvalue weighted by atomic mass is 9.94. The zero-order valence-electron chi connectivity index (χ0n) is 18.3. The van der Waals surface area contributed by atoms with Crippen molar-refractivity contribution >= 4 is 17.9 Å². The predicted octanol–water partition coefficient (Wildman–Crippen LogP) is 1.42. The second kappa shape index (κ2) is 10.3. The summed E-state index contributed by atoms with van der Waals surface area (Å²) in [4.78, 5) is 41.0. The van der Waals surface area contributed by atoms with Gasteiger partial charge in [-0.05, 0) is 19.9 Å². The standard InChI is InChI=1S/C22H30N4O5/c1-4-30-18-9-7-6-8-16(18)20-19(21(28)31-5-2)17(23-22(29)24-20)14-25-10-12-26(13-11-25)15(3)27/h6-9,20H,4-5,10-14H2,1-3H3,(H2,23,24,29)/t20-/m0/s1. The molecule has 2 heterocycles. The first-order valence-electron chi connectivity index (χ1n) is 10.6. The van der Waals surface area contributed by atoms with Crippen molar-refractivity contribution in [1.82, 2.24) is 20.4 Å². The van der Waals surface area contributed by atoms with Crippen molar-refractivity contribution in [2.24, 2.45) is 0 Å². The molecular formula is C22H30N4O5. The number of carbonyl (C=O) groups is 3. The first-order valence-corrected chi connectivity index (χ1v) is 10.6. The van der Waals surface area contributed by atoms with E-state index in [1.807, 2.05) is 31.2 Å². The maximum Gasteiger partial charge on any atom is 0.338 e. The van der Waals surface area contributed by atoms with Crippen LogP contribution in [0, 0.1) is 0 Å². The van der Waals surface area contributed by atoms with E-state index in [0.717, 1.165) is 0 Å². The highest BCUT2D eigenvalue weighted by molar-refractivity contribution is 5.95. The molecule has 1 fully saturated rings. The zero-order chi connectivity index (χ0) is 22.4. The minimum Gasteiger partial charge on any atom is -0.494 e. The Morgan fingerprint density at radius 1 is 1.10 bits per heavy atom. The number of benzene rings is 1. The van der Waals surface area contributed by atoms with Crippen molar-refractivity contribution in [3.05, 3.63) is 41.1 Å². The fourth-order valence-corrected chi connectivity index (χ4v) is 3.88. The van der Waals surface area contributed by atoms with Gasteiger partial charge in [-0.3, -0.25) is 9.69 Å². The molecule has 1 aromatic rings. The summed E-state index contributed by atoms with van der Waals surface area (Å²) in [5.74, 6) is 0.172. The SMILES string of the molecule is CCOC(=O)C1=C(CN2CCN(C(C)=O)CC2)NC(=O)N[C@H]1c1ccccc1OCC. The summed E-state index contributed by atoms with van der Waals surface area (Å²) in [5, 5.41) is 5.65. The van der Waals surface area contributed by atoms with Crippen molar-refractivity contribution < 1.29 is 23.9 Å². The lowest BCUT2D eigenvalue weighted by molar-refractivity contribution is -0.139. The Kier molecular flexibility index (Phi) is 7.51. The number of ether oxygens (including phenoxy) is 2. The van der Waals surface area contributed by atoms with E-state index in [1.165, 1.54) is 0 Å². The van der Waals surface area contributed by atoms with Crippen LogP contribution in [-0.4, -0.2) is 73.6 Å². The van der Waals surface area contributed by atoms with Gasteiger partial charge >= 0.3 is 12.0 Å².